The van der Waals surface area contributed by atoms with Crippen LogP contribution in [0.3, 0.4) is 0 Å². The fourth-order valence-corrected chi connectivity index (χ4v) is 1.97. The summed E-state index contributed by atoms with van der Waals surface area (Å²) in [7, 11) is 1.56. The van der Waals surface area contributed by atoms with Crippen LogP contribution in [0.25, 0.3) is 0 Å². The highest BCUT2D eigenvalue weighted by molar-refractivity contribution is 6.09. The Kier molecular flexibility index (Phi) is 4.23. The van der Waals surface area contributed by atoms with Crippen molar-refractivity contribution in [1.82, 2.24) is 0 Å². The van der Waals surface area contributed by atoms with Crippen LogP contribution < -0.4 is 15.8 Å². The molecule has 108 valence electrons. The van der Waals surface area contributed by atoms with Crippen LogP contribution >= 0.6 is 0 Å². The van der Waals surface area contributed by atoms with E-state index in [2.05, 4.69) is 5.32 Å². The molecule has 0 aromatic heterocycles. The molecule has 0 atom stereocenters. The summed E-state index contributed by atoms with van der Waals surface area (Å²) >= 11 is 0. The zero-order valence-electron chi connectivity index (χ0n) is 11.8. The van der Waals surface area contributed by atoms with Crippen molar-refractivity contribution < 1.29 is 14.3 Å². The maximum Gasteiger partial charge on any atom is 0.255 e. The Hall–Kier alpha value is -2.82. The van der Waals surface area contributed by atoms with Crippen molar-refractivity contribution in [2.24, 2.45) is 5.73 Å². The zero-order chi connectivity index (χ0) is 15.4. The average molecular weight is 284 g/mol. The lowest BCUT2D eigenvalue weighted by molar-refractivity contribution is 0.100. The van der Waals surface area contributed by atoms with Crippen LogP contribution in [-0.4, -0.2) is 18.9 Å². The second-order valence-electron chi connectivity index (χ2n) is 4.54. The van der Waals surface area contributed by atoms with Crippen LogP contribution in [0.1, 0.15) is 26.3 Å². The molecule has 0 aliphatic carbocycles. The van der Waals surface area contributed by atoms with Crippen LogP contribution in [0.5, 0.6) is 5.75 Å². The molecule has 21 heavy (non-hydrogen) atoms. The van der Waals surface area contributed by atoms with Gasteiger partial charge in [-0.25, -0.2) is 0 Å². The lowest BCUT2D eigenvalue weighted by Gasteiger charge is -2.12. The molecule has 3 N–H and O–H groups in total. The van der Waals surface area contributed by atoms with Crippen LogP contribution in [-0.2, 0) is 0 Å². The van der Waals surface area contributed by atoms with Crippen molar-refractivity contribution in [1.29, 1.82) is 0 Å². The number of nitrogens with two attached hydrogens (primary N) is 1. The van der Waals surface area contributed by atoms with Gasteiger partial charge >= 0.3 is 0 Å². The summed E-state index contributed by atoms with van der Waals surface area (Å²) in [5.41, 5.74) is 7.29. The SMILES string of the molecule is COc1ccc(C(=O)Nc2c(C)cccc2C(N)=O)cc1. The second kappa shape index (κ2) is 6.09. The molecule has 0 saturated carbocycles. The number of methoxy groups -OCH3 is 1. The Morgan fingerprint density at radius 3 is 2.33 bits per heavy atom. The van der Waals surface area contributed by atoms with Crippen LogP contribution in [0.2, 0.25) is 0 Å². The third kappa shape index (κ3) is 3.20. The van der Waals surface area contributed by atoms with E-state index in [0.717, 1.165) is 5.56 Å². The molecule has 2 rings (SSSR count). The highest BCUT2D eigenvalue weighted by Crippen LogP contribution is 2.21. The fraction of sp³-hybridized carbons (Fsp3) is 0.125. The molecular formula is C16H16N2O3. The van der Waals surface area contributed by atoms with Gasteiger partial charge in [-0.15, -0.1) is 0 Å². The maximum absolute atomic E-state index is 12.2. The molecule has 0 radical (unpaired) electrons. The summed E-state index contributed by atoms with van der Waals surface area (Å²) in [6, 6.07) is 11.8. The van der Waals surface area contributed by atoms with Crippen molar-refractivity contribution in [2.45, 2.75) is 6.92 Å². The third-order valence-corrected chi connectivity index (χ3v) is 3.13. The molecule has 0 unspecified atom stereocenters. The number of ether oxygens (including phenoxy) is 1. The van der Waals surface area contributed by atoms with Crippen molar-refractivity contribution in [3.8, 4) is 5.75 Å². The van der Waals surface area contributed by atoms with Gasteiger partial charge in [-0.1, -0.05) is 12.1 Å². The maximum atomic E-state index is 12.2. The molecule has 0 spiro atoms. The number of anilines is 1. The van der Waals surface area contributed by atoms with Crippen molar-refractivity contribution >= 4 is 17.5 Å². The first-order valence-electron chi connectivity index (χ1n) is 6.37. The first kappa shape index (κ1) is 14.6. The van der Waals surface area contributed by atoms with E-state index in [-0.39, 0.29) is 11.5 Å². The monoisotopic (exact) mass is 284 g/mol. The predicted octanol–water partition coefficient (Wildman–Crippen LogP) is 2.35. The van der Waals surface area contributed by atoms with Gasteiger partial charge in [0.05, 0.1) is 18.4 Å². The third-order valence-electron chi connectivity index (χ3n) is 3.13. The number of hydrogen-bond donors (Lipinski definition) is 2. The normalized spacial score (nSPS) is 10.0. The molecule has 0 aliphatic heterocycles. The topological polar surface area (TPSA) is 81.4 Å². The van der Waals surface area contributed by atoms with Crippen LogP contribution in [0.15, 0.2) is 42.5 Å². The number of aryl methyl sites for hydroxylation is 1. The minimum atomic E-state index is -0.580. The van der Waals surface area contributed by atoms with Gasteiger partial charge in [0, 0.05) is 5.56 Å². The molecule has 2 amide bonds. The van der Waals surface area contributed by atoms with Gasteiger partial charge in [-0.3, -0.25) is 9.59 Å². The van der Waals surface area contributed by atoms with E-state index in [9.17, 15) is 9.59 Å². The molecule has 0 saturated heterocycles. The van der Waals surface area contributed by atoms with Gasteiger partial charge in [-0.05, 0) is 42.8 Å². The van der Waals surface area contributed by atoms with Gasteiger partial charge in [0.15, 0.2) is 0 Å². The summed E-state index contributed by atoms with van der Waals surface area (Å²) in [6.45, 7) is 1.80. The standard InChI is InChI=1S/C16H16N2O3/c1-10-4-3-5-13(15(17)19)14(10)18-16(20)11-6-8-12(21-2)9-7-11/h3-9H,1-2H3,(H2,17,19)(H,18,20). The highest BCUT2D eigenvalue weighted by Gasteiger charge is 2.14. The molecule has 0 aliphatic rings. The number of carbonyl (C=O) groups is 2. The fourth-order valence-electron chi connectivity index (χ4n) is 1.97. The lowest BCUT2D eigenvalue weighted by atomic mass is 10.1. The number of para-hydroxylation sites is 1. The highest BCUT2D eigenvalue weighted by atomic mass is 16.5. The van der Waals surface area contributed by atoms with Gasteiger partial charge in [0.1, 0.15) is 5.75 Å². The summed E-state index contributed by atoms with van der Waals surface area (Å²) in [6.07, 6.45) is 0. The van der Waals surface area contributed by atoms with E-state index >= 15 is 0 Å². The van der Waals surface area contributed by atoms with E-state index in [1.807, 2.05) is 0 Å². The minimum Gasteiger partial charge on any atom is -0.497 e. The Morgan fingerprint density at radius 2 is 1.76 bits per heavy atom. The smallest absolute Gasteiger partial charge is 0.255 e. The number of rotatable bonds is 4. The number of amides is 2. The Balaban J connectivity index is 2.29. The van der Waals surface area contributed by atoms with Gasteiger partial charge in [-0.2, -0.15) is 0 Å². The predicted molar refractivity (Wildman–Crippen MR) is 80.6 cm³/mol. The Labute approximate surface area is 122 Å². The largest absolute Gasteiger partial charge is 0.497 e. The summed E-state index contributed by atoms with van der Waals surface area (Å²) in [4.78, 5) is 23.7. The van der Waals surface area contributed by atoms with Crippen molar-refractivity contribution in [2.75, 3.05) is 12.4 Å². The molecular weight excluding hydrogens is 268 g/mol. The van der Waals surface area contributed by atoms with Gasteiger partial charge in [0.2, 0.25) is 0 Å². The van der Waals surface area contributed by atoms with E-state index in [0.29, 0.717) is 17.0 Å². The molecule has 2 aromatic rings. The molecule has 5 heteroatoms. The summed E-state index contributed by atoms with van der Waals surface area (Å²) < 4.78 is 5.04. The van der Waals surface area contributed by atoms with Gasteiger partial charge < -0.3 is 15.8 Å². The number of benzene rings is 2. The number of primary amides is 1. The average Bonchev–Trinajstić information content (AvgIpc) is 2.49. The van der Waals surface area contributed by atoms with Crippen LogP contribution in [0.4, 0.5) is 5.69 Å². The first-order valence-corrected chi connectivity index (χ1v) is 6.37. The minimum absolute atomic E-state index is 0.289. The lowest BCUT2D eigenvalue weighted by Crippen LogP contribution is -2.19. The Morgan fingerprint density at radius 1 is 1.10 bits per heavy atom. The van der Waals surface area contributed by atoms with Crippen LogP contribution in [0, 0.1) is 6.92 Å². The number of carbonyl (C=O) groups excluding carboxylic acids is 2. The molecule has 2 aromatic carbocycles. The van der Waals surface area contributed by atoms with E-state index < -0.39 is 5.91 Å². The zero-order valence-corrected chi connectivity index (χ0v) is 11.8. The molecule has 0 heterocycles. The number of hydrogen-bond acceptors (Lipinski definition) is 3. The summed E-state index contributed by atoms with van der Waals surface area (Å²) in [5.74, 6) is -0.224. The first-order chi connectivity index (χ1) is 10.0. The van der Waals surface area contributed by atoms with E-state index in [1.54, 1.807) is 56.5 Å². The molecule has 0 bridgehead atoms. The quantitative estimate of drug-likeness (QED) is 0.904. The summed E-state index contributed by atoms with van der Waals surface area (Å²) in [5, 5.41) is 2.73. The molecule has 5 nitrogen and oxygen atoms in total. The van der Waals surface area contributed by atoms with E-state index in [1.165, 1.54) is 0 Å². The Bertz CT molecular complexity index is 678. The van der Waals surface area contributed by atoms with E-state index in [4.69, 9.17) is 10.5 Å². The number of nitrogens with one attached hydrogen (secondary N) is 1. The molecule has 0 fully saturated rings. The van der Waals surface area contributed by atoms with Crippen molar-refractivity contribution in [3.05, 3.63) is 59.2 Å². The van der Waals surface area contributed by atoms with Gasteiger partial charge in [0.25, 0.3) is 11.8 Å². The second-order valence-corrected chi connectivity index (χ2v) is 4.54. The van der Waals surface area contributed by atoms with Crippen molar-refractivity contribution in [3.63, 3.8) is 0 Å².